The maximum absolute atomic E-state index is 5.99. The third-order valence-electron chi connectivity index (χ3n) is 3.95. The molecule has 18 heavy (non-hydrogen) atoms. The van der Waals surface area contributed by atoms with Crippen molar-refractivity contribution in [3.8, 4) is 0 Å². The summed E-state index contributed by atoms with van der Waals surface area (Å²) in [6, 6.07) is 4.54. The molecule has 1 unspecified atom stereocenters. The van der Waals surface area contributed by atoms with Crippen molar-refractivity contribution in [1.82, 2.24) is 5.32 Å². The maximum Gasteiger partial charge on any atom is 0.0931 e. The van der Waals surface area contributed by atoms with Crippen molar-refractivity contribution in [1.29, 1.82) is 0 Å². The molecule has 1 N–H and O–H groups in total. The molecule has 102 valence electrons. The number of hydrogen-bond donors (Lipinski definition) is 1. The van der Waals surface area contributed by atoms with Crippen LogP contribution in [0.2, 0.25) is 4.34 Å². The first-order chi connectivity index (χ1) is 8.65. The summed E-state index contributed by atoms with van der Waals surface area (Å²) in [4.78, 5) is 1.34. The van der Waals surface area contributed by atoms with Gasteiger partial charge in [-0.1, -0.05) is 30.9 Å². The van der Waals surface area contributed by atoms with Gasteiger partial charge in [-0.05, 0) is 38.2 Å². The minimum atomic E-state index is 0.411. The van der Waals surface area contributed by atoms with Gasteiger partial charge in [-0.25, -0.2) is 0 Å². The normalized spacial score (nSPS) is 20.8. The van der Waals surface area contributed by atoms with Gasteiger partial charge in [0, 0.05) is 22.2 Å². The molecular formula is C14H22ClNS2. The number of hydrogen-bond acceptors (Lipinski definition) is 3. The molecule has 0 amide bonds. The fraction of sp³-hybridized carbons (Fsp3) is 0.714. The van der Waals surface area contributed by atoms with Crippen molar-refractivity contribution in [3.63, 3.8) is 0 Å². The maximum atomic E-state index is 5.99. The van der Waals surface area contributed by atoms with E-state index in [2.05, 4.69) is 36.3 Å². The smallest absolute Gasteiger partial charge is 0.0931 e. The van der Waals surface area contributed by atoms with Gasteiger partial charge < -0.3 is 5.32 Å². The summed E-state index contributed by atoms with van der Waals surface area (Å²) >= 11 is 9.73. The summed E-state index contributed by atoms with van der Waals surface area (Å²) < 4.78 is 1.35. The van der Waals surface area contributed by atoms with Crippen molar-refractivity contribution in [2.45, 2.75) is 49.8 Å². The molecule has 1 aliphatic rings. The molecule has 0 bridgehead atoms. The monoisotopic (exact) mass is 303 g/mol. The Kier molecular flexibility index (Phi) is 5.43. The van der Waals surface area contributed by atoms with E-state index in [1.807, 2.05) is 6.07 Å². The third-order valence-corrected chi connectivity index (χ3v) is 6.78. The lowest BCUT2D eigenvalue weighted by atomic mass is 9.88. The zero-order chi connectivity index (χ0) is 13.0. The highest BCUT2D eigenvalue weighted by Crippen LogP contribution is 2.38. The Balaban J connectivity index is 1.89. The second kappa shape index (κ2) is 6.65. The Labute approximate surface area is 124 Å². The second-order valence-corrected chi connectivity index (χ2v) is 8.21. The highest BCUT2D eigenvalue weighted by Gasteiger charge is 2.31. The van der Waals surface area contributed by atoms with Crippen LogP contribution in [0.4, 0.5) is 0 Å². The van der Waals surface area contributed by atoms with Crippen LogP contribution in [0.3, 0.4) is 0 Å². The van der Waals surface area contributed by atoms with Crippen molar-refractivity contribution in [2.75, 3.05) is 12.8 Å². The van der Waals surface area contributed by atoms with Crippen LogP contribution in [0.15, 0.2) is 12.1 Å². The van der Waals surface area contributed by atoms with Gasteiger partial charge in [0.2, 0.25) is 0 Å². The average Bonchev–Trinajstić information content (AvgIpc) is 2.84. The molecular weight excluding hydrogens is 282 g/mol. The van der Waals surface area contributed by atoms with Gasteiger partial charge in [-0.15, -0.1) is 11.3 Å². The predicted molar refractivity (Wildman–Crippen MR) is 85.1 cm³/mol. The Morgan fingerprint density at radius 2 is 2.11 bits per heavy atom. The van der Waals surface area contributed by atoms with E-state index in [1.165, 1.54) is 37.0 Å². The van der Waals surface area contributed by atoms with E-state index in [4.69, 9.17) is 11.6 Å². The largest absolute Gasteiger partial charge is 0.308 e. The fourth-order valence-corrected chi connectivity index (χ4v) is 4.66. The minimum absolute atomic E-state index is 0.411. The van der Waals surface area contributed by atoms with Crippen LogP contribution in [-0.4, -0.2) is 17.5 Å². The zero-order valence-electron chi connectivity index (χ0n) is 11.2. The first kappa shape index (κ1) is 14.7. The highest BCUT2D eigenvalue weighted by atomic mass is 35.5. The lowest BCUT2D eigenvalue weighted by Crippen LogP contribution is -2.40. The summed E-state index contributed by atoms with van der Waals surface area (Å²) in [5.74, 6) is 0. The van der Waals surface area contributed by atoms with Gasteiger partial charge in [0.05, 0.1) is 4.34 Å². The number of rotatable bonds is 5. The lowest BCUT2D eigenvalue weighted by Gasteiger charge is -2.36. The lowest BCUT2D eigenvalue weighted by molar-refractivity contribution is 0.368. The molecule has 0 radical (unpaired) electrons. The number of nitrogens with one attached hydrogen (secondary N) is 1. The average molecular weight is 304 g/mol. The van der Waals surface area contributed by atoms with E-state index < -0.39 is 0 Å². The highest BCUT2D eigenvalue weighted by molar-refractivity contribution is 8.00. The Bertz CT molecular complexity index is 372. The molecule has 0 aliphatic heterocycles. The van der Waals surface area contributed by atoms with Crippen LogP contribution >= 0.6 is 34.7 Å². The van der Waals surface area contributed by atoms with Crippen LogP contribution < -0.4 is 5.32 Å². The first-order valence-corrected chi connectivity index (χ1v) is 9.11. The van der Waals surface area contributed by atoms with Crippen LogP contribution in [-0.2, 0) is 0 Å². The molecule has 1 aliphatic carbocycles. The number of thiophene rings is 1. The van der Waals surface area contributed by atoms with E-state index in [0.29, 0.717) is 10.8 Å². The quantitative estimate of drug-likeness (QED) is 0.810. The molecule has 1 fully saturated rings. The van der Waals surface area contributed by atoms with Crippen molar-refractivity contribution >= 4 is 34.7 Å². The molecule has 4 heteroatoms. The third kappa shape index (κ3) is 3.66. The molecule has 0 spiro atoms. The summed E-state index contributed by atoms with van der Waals surface area (Å²) in [6.07, 6.45) is 9.18. The van der Waals surface area contributed by atoms with Crippen molar-refractivity contribution in [2.24, 2.45) is 0 Å². The molecule has 1 nitrogen and oxygen atoms in total. The van der Waals surface area contributed by atoms with Crippen LogP contribution in [0.5, 0.6) is 0 Å². The SMILES string of the molecule is CSC1(CNC(C)c2ccc(Cl)s2)CCCCC1. The van der Waals surface area contributed by atoms with Crippen LogP contribution in [0.25, 0.3) is 0 Å². The first-order valence-electron chi connectivity index (χ1n) is 6.69. The summed E-state index contributed by atoms with van der Waals surface area (Å²) in [6.45, 7) is 3.35. The standard InChI is InChI=1S/C14H22ClNS2/c1-11(12-6-7-13(15)18-12)16-10-14(17-2)8-4-3-5-9-14/h6-7,11,16H,3-5,8-10H2,1-2H3. The van der Waals surface area contributed by atoms with E-state index in [0.717, 1.165) is 10.9 Å². The van der Waals surface area contributed by atoms with Crippen molar-refractivity contribution < 1.29 is 0 Å². The van der Waals surface area contributed by atoms with Gasteiger partial charge >= 0.3 is 0 Å². The summed E-state index contributed by atoms with van der Waals surface area (Å²) in [5, 5.41) is 3.70. The molecule has 0 aromatic carbocycles. The Morgan fingerprint density at radius 1 is 1.39 bits per heavy atom. The van der Waals surface area contributed by atoms with Gasteiger partial charge in [-0.3, -0.25) is 0 Å². The van der Waals surface area contributed by atoms with E-state index in [9.17, 15) is 0 Å². The topological polar surface area (TPSA) is 12.0 Å². The predicted octanol–water partition coefficient (Wildman–Crippen LogP) is 5.12. The van der Waals surface area contributed by atoms with Crippen LogP contribution in [0, 0.1) is 0 Å². The Hall–Kier alpha value is 0.300. The Morgan fingerprint density at radius 3 is 2.67 bits per heavy atom. The fourth-order valence-electron chi connectivity index (χ4n) is 2.65. The molecule has 1 atom stereocenters. The van der Waals surface area contributed by atoms with Gasteiger partial charge in [0.25, 0.3) is 0 Å². The number of thioether (sulfide) groups is 1. The molecule has 0 saturated heterocycles. The van der Waals surface area contributed by atoms with E-state index in [1.54, 1.807) is 11.3 Å². The van der Waals surface area contributed by atoms with Gasteiger partial charge in [0.15, 0.2) is 0 Å². The van der Waals surface area contributed by atoms with Gasteiger partial charge in [-0.2, -0.15) is 11.8 Å². The molecule has 1 saturated carbocycles. The summed E-state index contributed by atoms with van der Waals surface area (Å²) in [7, 11) is 0. The van der Waals surface area contributed by atoms with E-state index >= 15 is 0 Å². The minimum Gasteiger partial charge on any atom is -0.308 e. The molecule has 2 rings (SSSR count). The zero-order valence-corrected chi connectivity index (χ0v) is 13.6. The molecule has 1 aromatic rings. The molecule has 1 heterocycles. The second-order valence-electron chi connectivity index (χ2n) is 5.19. The molecule has 1 aromatic heterocycles. The van der Waals surface area contributed by atoms with Crippen LogP contribution in [0.1, 0.15) is 49.9 Å². The number of halogens is 1. The summed E-state index contributed by atoms with van der Waals surface area (Å²) in [5.41, 5.74) is 0. The van der Waals surface area contributed by atoms with Gasteiger partial charge in [0.1, 0.15) is 0 Å². The van der Waals surface area contributed by atoms with Crippen molar-refractivity contribution in [3.05, 3.63) is 21.3 Å². The van der Waals surface area contributed by atoms with E-state index in [-0.39, 0.29) is 0 Å².